The van der Waals surface area contributed by atoms with Crippen LogP contribution < -0.4 is 5.32 Å². The predicted octanol–water partition coefficient (Wildman–Crippen LogP) is 2.71. The Morgan fingerprint density at radius 3 is 2.78 bits per heavy atom. The van der Waals surface area contributed by atoms with E-state index in [1.54, 1.807) is 0 Å². The van der Waals surface area contributed by atoms with Gasteiger partial charge in [-0.15, -0.1) is 0 Å². The van der Waals surface area contributed by atoms with Gasteiger partial charge in [-0.25, -0.2) is 0 Å². The summed E-state index contributed by atoms with van der Waals surface area (Å²) in [4.78, 5) is 0. The molecule has 1 N–H and O–H groups in total. The van der Waals surface area contributed by atoms with Crippen LogP contribution in [0.25, 0.3) is 0 Å². The van der Waals surface area contributed by atoms with Gasteiger partial charge in [0, 0.05) is 28.3 Å². The summed E-state index contributed by atoms with van der Waals surface area (Å²) in [5.74, 6) is 2.28. The van der Waals surface area contributed by atoms with Crippen LogP contribution in [0.1, 0.15) is 31.2 Å². The van der Waals surface area contributed by atoms with Crippen LogP contribution in [0.4, 0.5) is 0 Å². The van der Waals surface area contributed by atoms with Crippen molar-refractivity contribution in [3.8, 4) is 0 Å². The van der Waals surface area contributed by atoms with E-state index in [4.69, 9.17) is 0 Å². The van der Waals surface area contributed by atoms with Crippen LogP contribution in [0, 0.1) is 5.92 Å². The normalized spacial score (nSPS) is 25.2. The lowest BCUT2D eigenvalue weighted by Gasteiger charge is -2.18. The van der Waals surface area contributed by atoms with E-state index in [2.05, 4.69) is 17.4 Å². The average Bonchev–Trinajstić information content (AvgIpc) is 2.85. The zero-order chi connectivity index (χ0) is 12.8. The van der Waals surface area contributed by atoms with Gasteiger partial charge in [0.2, 0.25) is 0 Å². The van der Waals surface area contributed by atoms with Gasteiger partial charge in [0.15, 0.2) is 0 Å². The molecular weight excluding hydrogens is 242 g/mol. The molecule has 18 heavy (non-hydrogen) atoms. The molecule has 0 heterocycles. The Bertz CT molecular complexity index is 379. The monoisotopic (exact) mass is 265 g/mol. The van der Waals surface area contributed by atoms with Crippen molar-refractivity contribution in [2.45, 2.75) is 37.5 Å². The first kappa shape index (κ1) is 13.8. The summed E-state index contributed by atoms with van der Waals surface area (Å²) in [6, 6.07) is 10.8. The molecular formula is C15H23NOS. The third-order valence-electron chi connectivity index (χ3n) is 3.92. The van der Waals surface area contributed by atoms with Crippen LogP contribution in [0.3, 0.4) is 0 Å². The fraction of sp³-hybridized carbons (Fsp3) is 0.600. The summed E-state index contributed by atoms with van der Waals surface area (Å²) in [6.07, 6.45) is 5.01. The van der Waals surface area contributed by atoms with Gasteiger partial charge in [0.05, 0.1) is 0 Å². The Morgan fingerprint density at radius 1 is 1.28 bits per heavy atom. The number of hydrogen-bond acceptors (Lipinski definition) is 2. The van der Waals surface area contributed by atoms with Gasteiger partial charge in [0.1, 0.15) is 0 Å². The summed E-state index contributed by atoms with van der Waals surface area (Å²) < 4.78 is 12.1. The minimum absolute atomic E-state index is 0.652. The van der Waals surface area contributed by atoms with Gasteiger partial charge in [0.25, 0.3) is 0 Å². The molecule has 0 aromatic heterocycles. The second-order valence-electron chi connectivity index (χ2n) is 5.15. The van der Waals surface area contributed by atoms with Gasteiger partial charge in [-0.05, 0) is 37.8 Å². The van der Waals surface area contributed by atoms with Crippen LogP contribution in [-0.2, 0) is 16.6 Å². The number of nitrogens with one attached hydrogen (secondary N) is 1. The summed E-state index contributed by atoms with van der Waals surface area (Å²) in [6.45, 7) is 0. The van der Waals surface area contributed by atoms with Crippen molar-refractivity contribution >= 4 is 10.8 Å². The second kappa shape index (κ2) is 7.05. The standard InChI is InChI=1S/C15H23NOS/c1-16-15-9-5-8-14(15)10-11-18(17)12-13-6-3-2-4-7-13/h2-4,6-7,14-16H,5,8-12H2,1H3. The highest BCUT2D eigenvalue weighted by Crippen LogP contribution is 2.28. The second-order valence-corrected chi connectivity index (χ2v) is 6.73. The molecule has 0 bridgehead atoms. The smallest absolute Gasteiger partial charge is 0.0485 e. The highest BCUT2D eigenvalue weighted by molar-refractivity contribution is 7.84. The topological polar surface area (TPSA) is 29.1 Å². The maximum atomic E-state index is 12.1. The fourth-order valence-electron chi connectivity index (χ4n) is 2.88. The Balaban J connectivity index is 1.75. The van der Waals surface area contributed by atoms with Crippen molar-refractivity contribution in [3.63, 3.8) is 0 Å². The van der Waals surface area contributed by atoms with E-state index in [0.29, 0.717) is 11.8 Å². The lowest BCUT2D eigenvalue weighted by atomic mass is 10.0. The molecule has 1 saturated carbocycles. The molecule has 2 rings (SSSR count). The van der Waals surface area contributed by atoms with Crippen LogP contribution in [0.15, 0.2) is 30.3 Å². The molecule has 1 fully saturated rings. The molecule has 3 atom stereocenters. The van der Waals surface area contributed by atoms with Crippen molar-refractivity contribution in [2.75, 3.05) is 12.8 Å². The first-order valence-corrected chi connectivity index (χ1v) is 8.34. The van der Waals surface area contributed by atoms with E-state index in [1.807, 2.05) is 25.2 Å². The van der Waals surface area contributed by atoms with Crippen molar-refractivity contribution in [1.29, 1.82) is 0 Å². The van der Waals surface area contributed by atoms with E-state index >= 15 is 0 Å². The lowest BCUT2D eigenvalue weighted by Crippen LogP contribution is -2.29. The number of hydrogen-bond donors (Lipinski definition) is 1. The van der Waals surface area contributed by atoms with E-state index in [1.165, 1.54) is 24.8 Å². The first-order valence-electron chi connectivity index (χ1n) is 6.86. The summed E-state index contributed by atoms with van der Waals surface area (Å²) in [5.41, 5.74) is 1.19. The summed E-state index contributed by atoms with van der Waals surface area (Å²) in [7, 11) is 1.33. The Kier molecular flexibility index (Phi) is 5.39. The number of rotatable bonds is 6. The number of benzene rings is 1. The van der Waals surface area contributed by atoms with E-state index in [0.717, 1.165) is 18.1 Å². The Morgan fingerprint density at radius 2 is 2.06 bits per heavy atom. The van der Waals surface area contributed by atoms with Crippen LogP contribution in [0.2, 0.25) is 0 Å². The third kappa shape index (κ3) is 3.92. The third-order valence-corrected chi connectivity index (χ3v) is 5.26. The van der Waals surface area contributed by atoms with Gasteiger partial charge in [-0.2, -0.15) is 0 Å². The zero-order valence-corrected chi connectivity index (χ0v) is 11.9. The summed E-state index contributed by atoms with van der Waals surface area (Å²) >= 11 is 0. The van der Waals surface area contributed by atoms with Crippen LogP contribution >= 0.6 is 0 Å². The van der Waals surface area contributed by atoms with Gasteiger partial charge >= 0.3 is 0 Å². The fourth-order valence-corrected chi connectivity index (χ4v) is 4.15. The quantitative estimate of drug-likeness (QED) is 0.857. The van der Waals surface area contributed by atoms with Crippen LogP contribution in [-0.4, -0.2) is 23.1 Å². The average molecular weight is 265 g/mol. The molecule has 0 amide bonds. The Hall–Kier alpha value is -0.670. The van der Waals surface area contributed by atoms with E-state index in [9.17, 15) is 4.21 Å². The highest BCUT2D eigenvalue weighted by atomic mass is 32.2. The molecule has 1 aliphatic carbocycles. The SMILES string of the molecule is CNC1CCCC1CCS(=O)Cc1ccccc1. The van der Waals surface area contributed by atoms with Crippen molar-refractivity contribution < 1.29 is 4.21 Å². The van der Waals surface area contributed by atoms with Gasteiger partial charge in [-0.1, -0.05) is 36.8 Å². The molecule has 1 aromatic carbocycles. The predicted molar refractivity (Wildman–Crippen MR) is 78.0 cm³/mol. The van der Waals surface area contributed by atoms with Crippen molar-refractivity contribution in [2.24, 2.45) is 5.92 Å². The molecule has 0 aliphatic heterocycles. The Labute approximate surface area is 113 Å². The largest absolute Gasteiger partial charge is 0.317 e. The molecule has 100 valence electrons. The molecule has 3 unspecified atom stereocenters. The first-order chi connectivity index (χ1) is 8.79. The van der Waals surface area contributed by atoms with Crippen molar-refractivity contribution in [1.82, 2.24) is 5.32 Å². The van der Waals surface area contributed by atoms with Gasteiger partial charge in [-0.3, -0.25) is 4.21 Å². The summed E-state index contributed by atoms with van der Waals surface area (Å²) in [5, 5.41) is 3.39. The molecule has 3 heteroatoms. The van der Waals surface area contributed by atoms with Crippen LogP contribution in [0.5, 0.6) is 0 Å². The minimum atomic E-state index is -0.712. The maximum Gasteiger partial charge on any atom is 0.0485 e. The van der Waals surface area contributed by atoms with E-state index in [-0.39, 0.29) is 0 Å². The maximum absolute atomic E-state index is 12.1. The lowest BCUT2D eigenvalue weighted by molar-refractivity contribution is 0.416. The molecule has 0 saturated heterocycles. The minimum Gasteiger partial charge on any atom is -0.317 e. The zero-order valence-electron chi connectivity index (χ0n) is 11.1. The molecule has 1 aromatic rings. The molecule has 0 radical (unpaired) electrons. The molecule has 2 nitrogen and oxygen atoms in total. The van der Waals surface area contributed by atoms with E-state index < -0.39 is 10.8 Å². The molecule has 1 aliphatic rings. The molecule has 0 spiro atoms. The van der Waals surface area contributed by atoms with Crippen molar-refractivity contribution in [3.05, 3.63) is 35.9 Å². The highest BCUT2D eigenvalue weighted by Gasteiger charge is 2.25. The van der Waals surface area contributed by atoms with Gasteiger partial charge < -0.3 is 5.32 Å².